The minimum absolute atomic E-state index is 0.0600. The second-order valence-electron chi connectivity index (χ2n) is 4.89. The van der Waals surface area contributed by atoms with Crippen LogP contribution in [0.1, 0.15) is 38.3 Å². The van der Waals surface area contributed by atoms with Crippen molar-refractivity contribution in [2.75, 3.05) is 19.8 Å². The van der Waals surface area contributed by atoms with Gasteiger partial charge in [-0.1, -0.05) is 44.2 Å². The smallest absolute Gasteiger partial charge is 0.0626 e. The first-order chi connectivity index (χ1) is 8.71. The molecule has 0 aliphatic carbocycles. The van der Waals surface area contributed by atoms with Crippen molar-refractivity contribution in [3.05, 3.63) is 35.9 Å². The van der Waals surface area contributed by atoms with Gasteiger partial charge >= 0.3 is 0 Å². The highest BCUT2D eigenvalue weighted by atomic mass is 16.3. The van der Waals surface area contributed by atoms with Gasteiger partial charge in [0.05, 0.1) is 12.6 Å². The highest BCUT2D eigenvalue weighted by Gasteiger charge is 2.26. The molecule has 0 bridgehead atoms. The summed E-state index contributed by atoms with van der Waals surface area (Å²) >= 11 is 0. The number of rotatable bonds is 8. The Kier molecular flexibility index (Phi) is 6.33. The van der Waals surface area contributed by atoms with Crippen LogP contribution in [0.25, 0.3) is 0 Å². The van der Waals surface area contributed by atoms with Gasteiger partial charge in [0.1, 0.15) is 0 Å². The summed E-state index contributed by atoms with van der Waals surface area (Å²) in [6.45, 7) is 5.16. The molecule has 3 nitrogen and oxygen atoms in total. The van der Waals surface area contributed by atoms with Crippen molar-refractivity contribution < 1.29 is 10.2 Å². The Labute approximate surface area is 110 Å². The Morgan fingerprint density at radius 3 is 2.17 bits per heavy atom. The Morgan fingerprint density at radius 2 is 1.72 bits per heavy atom. The van der Waals surface area contributed by atoms with Crippen molar-refractivity contribution in [2.24, 2.45) is 5.41 Å². The largest absolute Gasteiger partial charge is 0.396 e. The Morgan fingerprint density at radius 1 is 1.11 bits per heavy atom. The van der Waals surface area contributed by atoms with Crippen molar-refractivity contribution in [3.63, 3.8) is 0 Å². The van der Waals surface area contributed by atoms with E-state index in [2.05, 4.69) is 19.2 Å². The van der Waals surface area contributed by atoms with E-state index in [9.17, 15) is 10.2 Å². The molecule has 1 atom stereocenters. The molecular weight excluding hydrogens is 226 g/mol. The molecule has 0 heterocycles. The molecule has 0 spiro atoms. The molecule has 0 amide bonds. The van der Waals surface area contributed by atoms with Crippen LogP contribution < -0.4 is 5.32 Å². The summed E-state index contributed by atoms with van der Waals surface area (Å²) in [5.74, 6) is 0. The van der Waals surface area contributed by atoms with E-state index in [4.69, 9.17) is 0 Å². The third-order valence-corrected chi connectivity index (χ3v) is 3.94. The topological polar surface area (TPSA) is 52.5 Å². The van der Waals surface area contributed by atoms with Crippen LogP contribution in [0, 0.1) is 5.41 Å². The van der Waals surface area contributed by atoms with Gasteiger partial charge in [0.15, 0.2) is 0 Å². The number of aliphatic hydroxyl groups is 2. The third kappa shape index (κ3) is 3.80. The van der Waals surface area contributed by atoms with Crippen LogP contribution in [0.3, 0.4) is 0 Å². The predicted molar refractivity (Wildman–Crippen MR) is 74.4 cm³/mol. The van der Waals surface area contributed by atoms with Crippen LogP contribution in [-0.4, -0.2) is 30.0 Å². The quantitative estimate of drug-likeness (QED) is 0.663. The molecule has 1 aromatic carbocycles. The van der Waals surface area contributed by atoms with E-state index in [1.165, 1.54) is 0 Å². The SMILES string of the molecule is CCC(CC)(CO)CNC(CO)c1ccccc1. The molecule has 1 aromatic rings. The van der Waals surface area contributed by atoms with Crippen molar-refractivity contribution in [1.29, 1.82) is 0 Å². The van der Waals surface area contributed by atoms with E-state index in [1.54, 1.807) is 0 Å². The van der Waals surface area contributed by atoms with Crippen LogP contribution >= 0.6 is 0 Å². The molecule has 0 radical (unpaired) electrons. The van der Waals surface area contributed by atoms with Gasteiger partial charge in [0.25, 0.3) is 0 Å². The summed E-state index contributed by atoms with van der Waals surface area (Å²) in [4.78, 5) is 0. The molecular formula is C15H25NO2. The molecule has 0 saturated heterocycles. The molecule has 18 heavy (non-hydrogen) atoms. The molecule has 1 rings (SSSR count). The Balaban J connectivity index is 2.65. The van der Waals surface area contributed by atoms with E-state index in [1.807, 2.05) is 30.3 Å². The van der Waals surface area contributed by atoms with E-state index < -0.39 is 0 Å². The molecule has 0 fully saturated rings. The van der Waals surface area contributed by atoms with Gasteiger partial charge in [-0.15, -0.1) is 0 Å². The maximum atomic E-state index is 9.53. The second-order valence-corrected chi connectivity index (χ2v) is 4.89. The Hall–Kier alpha value is -0.900. The molecule has 0 aromatic heterocycles. The first-order valence-electron chi connectivity index (χ1n) is 6.71. The monoisotopic (exact) mass is 251 g/mol. The predicted octanol–water partition coefficient (Wildman–Crippen LogP) is 2.11. The lowest BCUT2D eigenvalue weighted by Crippen LogP contribution is -2.39. The number of benzene rings is 1. The van der Waals surface area contributed by atoms with Crippen LogP contribution in [0.2, 0.25) is 0 Å². The molecule has 3 heteroatoms. The lowest BCUT2D eigenvalue weighted by molar-refractivity contribution is 0.105. The zero-order valence-electron chi connectivity index (χ0n) is 11.4. The normalized spacial score (nSPS) is 13.6. The summed E-state index contributed by atoms with van der Waals surface area (Å²) in [7, 11) is 0. The van der Waals surface area contributed by atoms with E-state index in [0.717, 1.165) is 24.9 Å². The Bertz CT molecular complexity index is 314. The zero-order valence-corrected chi connectivity index (χ0v) is 11.4. The maximum absolute atomic E-state index is 9.53. The first-order valence-corrected chi connectivity index (χ1v) is 6.71. The fraction of sp³-hybridized carbons (Fsp3) is 0.600. The van der Waals surface area contributed by atoms with Gasteiger partial charge < -0.3 is 15.5 Å². The van der Waals surface area contributed by atoms with Gasteiger partial charge in [-0.25, -0.2) is 0 Å². The van der Waals surface area contributed by atoms with Crippen LogP contribution in [0.4, 0.5) is 0 Å². The highest BCUT2D eigenvalue weighted by molar-refractivity contribution is 5.18. The minimum Gasteiger partial charge on any atom is -0.396 e. The van der Waals surface area contributed by atoms with Crippen LogP contribution in [-0.2, 0) is 0 Å². The van der Waals surface area contributed by atoms with Crippen molar-refractivity contribution in [3.8, 4) is 0 Å². The van der Waals surface area contributed by atoms with Gasteiger partial charge in [-0.3, -0.25) is 0 Å². The average molecular weight is 251 g/mol. The molecule has 102 valence electrons. The lowest BCUT2D eigenvalue weighted by Gasteiger charge is -2.31. The fourth-order valence-electron chi connectivity index (χ4n) is 2.09. The number of aliphatic hydroxyl groups excluding tert-OH is 2. The zero-order chi connectivity index (χ0) is 13.4. The number of nitrogens with one attached hydrogen (secondary N) is 1. The molecule has 3 N–H and O–H groups in total. The van der Waals surface area contributed by atoms with Crippen LogP contribution in [0.5, 0.6) is 0 Å². The summed E-state index contributed by atoms with van der Waals surface area (Å²) < 4.78 is 0. The number of hydrogen-bond acceptors (Lipinski definition) is 3. The summed E-state index contributed by atoms with van der Waals surface area (Å²) in [5.41, 5.74) is 1.00. The van der Waals surface area contributed by atoms with Gasteiger partial charge in [0.2, 0.25) is 0 Å². The highest BCUT2D eigenvalue weighted by Crippen LogP contribution is 2.25. The second kappa shape index (κ2) is 7.52. The summed E-state index contributed by atoms with van der Waals surface area (Å²) in [5, 5.41) is 22.4. The van der Waals surface area contributed by atoms with Gasteiger partial charge in [-0.05, 0) is 18.4 Å². The van der Waals surface area contributed by atoms with Crippen molar-refractivity contribution in [2.45, 2.75) is 32.7 Å². The molecule has 0 aliphatic rings. The third-order valence-electron chi connectivity index (χ3n) is 3.94. The van der Waals surface area contributed by atoms with E-state index >= 15 is 0 Å². The van der Waals surface area contributed by atoms with Gasteiger partial charge in [-0.2, -0.15) is 0 Å². The molecule has 0 saturated carbocycles. The first kappa shape index (κ1) is 15.2. The lowest BCUT2D eigenvalue weighted by atomic mass is 9.83. The fourth-order valence-corrected chi connectivity index (χ4v) is 2.09. The average Bonchev–Trinajstić information content (AvgIpc) is 2.45. The van der Waals surface area contributed by atoms with Crippen LogP contribution in [0.15, 0.2) is 30.3 Å². The van der Waals surface area contributed by atoms with E-state index in [-0.39, 0.29) is 24.7 Å². The van der Waals surface area contributed by atoms with Crippen molar-refractivity contribution >= 4 is 0 Å². The number of hydrogen-bond donors (Lipinski definition) is 3. The van der Waals surface area contributed by atoms with Crippen molar-refractivity contribution in [1.82, 2.24) is 5.32 Å². The summed E-state index contributed by atoms with van der Waals surface area (Å²) in [6, 6.07) is 9.86. The van der Waals surface area contributed by atoms with Gasteiger partial charge in [0, 0.05) is 18.6 Å². The standard InChI is InChI=1S/C15H25NO2/c1-3-15(4-2,12-18)11-16-14(10-17)13-8-6-5-7-9-13/h5-9,14,16-18H,3-4,10-12H2,1-2H3. The molecule has 0 aliphatic heterocycles. The molecule has 1 unspecified atom stereocenters. The minimum atomic E-state index is -0.0812. The van der Waals surface area contributed by atoms with E-state index in [0.29, 0.717) is 0 Å². The summed E-state index contributed by atoms with van der Waals surface area (Å²) in [6.07, 6.45) is 1.86. The maximum Gasteiger partial charge on any atom is 0.0626 e.